The first-order valence-corrected chi connectivity index (χ1v) is 6.94. The molecule has 0 unspecified atom stereocenters. The van der Waals surface area contributed by atoms with Crippen LogP contribution in [0.15, 0.2) is 30.5 Å². The van der Waals surface area contributed by atoms with Crippen molar-refractivity contribution in [2.75, 3.05) is 11.9 Å². The highest BCUT2D eigenvalue weighted by Crippen LogP contribution is 2.29. The van der Waals surface area contributed by atoms with Gasteiger partial charge in [-0.25, -0.2) is 4.98 Å². The smallest absolute Gasteiger partial charge is 0.183 e. The van der Waals surface area contributed by atoms with E-state index in [1.807, 2.05) is 6.20 Å². The summed E-state index contributed by atoms with van der Waals surface area (Å²) in [5, 5.41) is 4.33. The molecule has 0 atom stereocenters. The maximum Gasteiger partial charge on any atom is 0.183 e. The lowest BCUT2D eigenvalue weighted by Crippen LogP contribution is -1.97. The van der Waals surface area contributed by atoms with Crippen molar-refractivity contribution in [3.63, 3.8) is 0 Å². The van der Waals surface area contributed by atoms with E-state index in [-0.39, 0.29) is 0 Å². The van der Waals surface area contributed by atoms with Crippen LogP contribution in [-0.2, 0) is 6.42 Å². The molecule has 1 N–H and O–H groups in total. The van der Waals surface area contributed by atoms with Crippen molar-refractivity contribution in [1.29, 1.82) is 0 Å². The Bertz CT molecular complexity index is 459. The summed E-state index contributed by atoms with van der Waals surface area (Å²) in [7, 11) is 0. The molecule has 17 heavy (non-hydrogen) atoms. The van der Waals surface area contributed by atoms with E-state index in [1.165, 1.54) is 16.0 Å². The van der Waals surface area contributed by atoms with Gasteiger partial charge in [0.2, 0.25) is 0 Å². The van der Waals surface area contributed by atoms with Gasteiger partial charge in [0.25, 0.3) is 0 Å². The largest absolute Gasteiger partial charge is 0.362 e. The molecule has 0 radical (unpaired) electrons. The number of thiazole rings is 1. The van der Waals surface area contributed by atoms with Gasteiger partial charge in [0.15, 0.2) is 5.13 Å². The van der Waals surface area contributed by atoms with Gasteiger partial charge in [-0.3, -0.25) is 0 Å². The lowest BCUT2D eigenvalue weighted by molar-refractivity contribution is 0.976. The number of aryl methyl sites for hydroxylation is 1. The third-order valence-corrected chi connectivity index (χ3v) is 3.68. The Kier molecular flexibility index (Phi) is 4.15. The van der Waals surface area contributed by atoms with E-state index in [0.29, 0.717) is 0 Å². The molecular formula is C14H18N2S. The third kappa shape index (κ3) is 3.07. The van der Waals surface area contributed by atoms with Crippen LogP contribution in [0.3, 0.4) is 0 Å². The van der Waals surface area contributed by atoms with Gasteiger partial charge in [0.1, 0.15) is 0 Å². The molecule has 1 heterocycles. The highest BCUT2D eigenvalue weighted by Gasteiger charge is 2.03. The summed E-state index contributed by atoms with van der Waals surface area (Å²) in [4.78, 5) is 5.61. The minimum absolute atomic E-state index is 0.988. The first-order valence-electron chi connectivity index (χ1n) is 6.12. The van der Waals surface area contributed by atoms with Crippen LogP contribution in [0.5, 0.6) is 0 Å². The molecule has 0 aliphatic carbocycles. The summed E-state index contributed by atoms with van der Waals surface area (Å²) in [6.45, 7) is 5.32. The zero-order valence-electron chi connectivity index (χ0n) is 10.4. The Hall–Kier alpha value is -1.35. The van der Waals surface area contributed by atoms with Gasteiger partial charge in [0.05, 0.1) is 4.88 Å². The van der Waals surface area contributed by atoms with Gasteiger partial charge >= 0.3 is 0 Å². The highest BCUT2D eigenvalue weighted by atomic mass is 32.1. The van der Waals surface area contributed by atoms with Crippen molar-refractivity contribution in [3.8, 4) is 10.4 Å². The van der Waals surface area contributed by atoms with Crippen molar-refractivity contribution < 1.29 is 0 Å². The summed E-state index contributed by atoms with van der Waals surface area (Å²) in [5.74, 6) is 0. The van der Waals surface area contributed by atoms with Gasteiger partial charge < -0.3 is 5.32 Å². The second-order valence-electron chi connectivity index (χ2n) is 4.01. The summed E-state index contributed by atoms with van der Waals surface area (Å²) in [5.41, 5.74) is 2.63. The molecule has 0 saturated heterocycles. The van der Waals surface area contributed by atoms with Crippen molar-refractivity contribution in [3.05, 3.63) is 36.0 Å². The van der Waals surface area contributed by atoms with Crippen LogP contribution in [0.4, 0.5) is 5.13 Å². The predicted molar refractivity (Wildman–Crippen MR) is 75.7 cm³/mol. The van der Waals surface area contributed by atoms with E-state index in [9.17, 15) is 0 Å². The quantitative estimate of drug-likeness (QED) is 0.855. The van der Waals surface area contributed by atoms with Crippen LogP contribution < -0.4 is 5.32 Å². The van der Waals surface area contributed by atoms with Gasteiger partial charge in [-0.2, -0.15) is 0 Å². The van der Waals surface area contributed by atoms with Crippen LogP contribution in [0.25, 0.3) is 10.4 Å². The molecule has 1 aromatic carbocycles. The first kappa shape index (κ1) is 12.1. The van der Waals surface area contributed by atoms with Crippen molar-refractivity contribution in [2.24, 2.45) is 0 Å². The number of hydrogen-bond acceptors (Lipinski definition) is 3. The number of rotatable bonds is 5. The van der Waals surface area contributed by atoms with Crippen molar-refractivity contribution in [1.82, 2.24) is 4.98 Å². The van der Waals surface area contributed by atoms with Crippen LogP contribution >= 0.6 is 11.3 Å². The summed E-state index contributed by atoms with van der Waals surface area (Å²) in [6.07, 6.45) is 4.16. The molecular weight excluding hydrogens is 228 g/mol. The molecule has 2 rings (SSSR count). The summed E-state index contributed by atoms with van der Waals surface area (Å²) >= 11 is 1.72. The maximum absolute atomic E-state index is 4.38. The predicted octanol–water partition coefficient (Wildman–Crippen LogP) is 4.19. The number of nitrogens with one attached hydrogen (secondary N) is 1. The Morgan fingerprint density at radius 1 is 1.18 bits per heavy atom. The normalized spacial score (nSPS) is 10.5. The zero-order valence-corrected chi connectivity index (χ0v) is 11.2. The Balaban J connectivity index is 2.12. The van der Waals surface area contributed by atoms with Gasteiger partial charge in [0, 0.05) is 12.7 Å². The Morgan fingerprint density at radius 3 is 2.59 bits per heavy atom. The SMILES string of the molecule is CCCNc1ncc(-c2ccc(CC)cc2)s1. The molecule has 0 fully saturated rings. The van der Waals surface area contributed by atoms with E-state index in [1.54, 1.807) is 11.3 Å². The van der Waals surface area contributed by atoms with Gasteiger partial charge in [-0.05, 0) is 24.0 Å². The number of aromatic nitrogens is 1. The molecule has 0 amide bonds. The average molecular weight is 246 g/mol. The fourth-order valence-corrected chi connectivity index (χ4v) is 2.47. The van der Waals surface area contributed by atoms with E-state index in [0.717, 1.165) is 24.5 Å². The molecule has 3 heteroatoms. The fourth-order valence-electron chi connectivity index (χ4n) is 1.63. The molecule has 1 aromatic heterocycles. The third-order valence-electron chi connectivity index (χ3n) is 2.68. The minimum Gasteiger partial charge on any atom is -0.362 e. The van der Waals surface area contributed by atoms with Gasteiger partial charge in [-0.15, -0.1) is 0 Å². The number of nitrogens with zero attached hydrogens (tertiary/aromatic N) is 1. The molecule has 2 aromatic rings. The van der Waals surface area contributed by atoms with Crippen molar-refractivity contribution >= 4 is 16.5 Å². The number of anilines is 1. The molecule has 0 spiro atoms. The Morgan fingerprint density at radius 2 is 1.94 bits per heavy atom. The van der Waals surface area contributed by atoms with Crippen LogP contribution in [0, 0.1) is 0 Å². The van der Waals surface area contributed by atoms with Crippen LogP contribution in [0.2, 0.25) is 0 Å². The zero-order chi connectivity index (χ0) is 12.1. The number of benzene rings is 1. The van der Waals surface area contributed by atoms with E-state index < -0.39 is 0 Å². The second kappa shape index (κ2) is 5.82. The van der Waals surface area contributed by atoms with Gasteiger partial charge in [-0.1, -0.05) is 49.4 Å². The van der Waals surface area contributed by atoms with E-state index >= 15 is 0 Å². The highest BCUT2D eigenvalue weighted by molar-refractivity contribution is 7.18. The van der Waals surface area contributed by atoms with E-state index in [4.69, 9.17) is 0 Å². The minimum atomic E-state index is 0.988. The summed E-state index contributed by atoms with van der Waals surface area (Å²) < 4.78 is 0. The number of hydrogen-bond donors (Lipinski definition) is 1. The maximum atomic E-state index is 4.38. The van der Waals surface area contributed by atoms with E-state index in [2.05, 4.69) is 48.4 Å². The second-order valence-corrected chi connectivity index (χ2v) is 5.04. The lowest BCUT2D eigenvalue weighted by Gasteiger charge is -1.99. The molecule has 0 bridgehead atoms. The molecule has 0 saturated carbocycles. The molecule has 0 aliphatic heterocycles. The molecule has 0 aliphatic rings. The Labute approximate surface area is 107 Å². The standard InChI is InChI=1S/C14H18N2S/c1-3-9-15-14-16-10-13(17-14)12-7-5-11(4-2)6-8-12/h5-8,10H,3-4,9H2,1-2H3,(H,15,16). The fraction of sp³-hybridized carbons (Fsp3) is 0.357. The molecule has 2 nitrogen and oxygen atoms in total. The topological polar surface area (TPSA) is 24.9 Å². The lowest BCUT2D eigenvalue weighted by atomic mass is 10.1. The van der Waals surface area contributed by atoms with Crippen LogP contribution in [0.1, 0.15) is 25.8 Å². The summed E-state index contributed by atoms with van der Waals surface area (Å²) in [6, 6.07) is 8.73. The monoisotopic (exact) mass is 246 g/mol. The van der Waals surface area contributed by atoms with Crippen LogP contribution in [-0.4, -0.2) is 11.5 Å². The molecule has 90 valence electrons. The average Bonchev–Trinajstić information content (AvgIpc) is 2.85. The van der Waals surface area contributed by atoms with Crippen molar-refractivity contribution in [2.45, 2.75) is 26.7 Å². The first-order chi connectivity index (χ1) is 8.33.